The third-order valence-corrected chi connectivity index (χ3v) is 9.61. The minimum atomic E-state index is -3.47. The van der Waals surface area contributed by atoms with Gasteiger partial charge in [0.05, 0.1) is 15.2 Å². The van der Waals surface area contributed by atoms with Crippen LogP contribution in [0.2, 0.25) is 0 Å². The fourth-order valence-corrected chi connectivity index (χ4v) is 7.61. The Morgan fingerprint density at radius 1 is 0.903 bits per heavy atom. The Labute approximate surface area is 191 Å². The van der Waals surface area contributed by atoms with Crippen LogP contribution in [-0.4, -0.2) is 25.8 Å². The molecule has 3 aromatic carbocycles. The molecule has 0 radical (unpaired) electrons. The van der Waals surface area contributed by atoms with Crippen LogP contribution in [0.4, 0.5) is 5.69 Å². The molecule has 160 valence electrons. The van der Waals surface area contributed by atoms with Crippen molar-refractivity contribution in [3.05, 3.63) is 95.6 Å². The molecule has 4 rings (SSSR count). The Morgan fingerprint density at radius 2 is 1.65 bits per heavy atom. The molecule has 31 heavy (non-hydrogen) atoms. The van der Waals surface area contributed by atoms with E-state index in [0.29, 0.717) is 15.7 Å². The quantitative estimate of drug-likeness (QED) is 0.496. The molecular weight excluding hydrogens is 446 g/mol. The van der Waals surface area contributed by atoms with Crippen LogP contribution in [0.15, 0.2) is 83.8 Å². The first-order chi connectivity index (χ1) is 15.0. The second kappa shape index (κ2) is 9.94. The third-order valence-electron chi connectivity index (χ3n) is 4.89. The molecule has 4 nitrogen and oxygen atoms in total. The highest BCUT2D eigenvalue weighted by Gasteiger charge is 2.18. The standard InChI is InChI=1S/C24H23NO3S3/c26-23(25-21-10-5-9-20(16-21)24-29-13-6-14-30-24)19-8-4-7-18(15-19)17-31(27,28)22-11-2-1-3-12-22/h1-5,7-12,15-16,24H,6,13-14,17H2,(H,25,26). The fraction of sp³-hybridized carbons (Fsp3) is 0.208. The second-order valence-corrected chi connectivity index (χ2v) is 12.0. The van der Waals surface area contributed by atoms with Crippen molar-refractivity contribution in [2.24, 2.45) is 0 Å². The van der Waals surface area contributed by atoms with E-state index < -0.39 is 9.84 Å². The van der Waals surface area contributed by atoms with Gasteiger partial charge < -0.3 is 5.32 Å². The Morgan fingerprint density at radius 3 is 2.42 bits per heavy atom. The third kappa shape index (κ3) is 5.73. The molecule has 1 amide bonds. The van der Waals surface area contributed by atoms with Gasteiger partial charge in [0.25, 0.3) is 5.91 Å². The molecule has 1 saturated heterocycles. The Kier molecular flexibility index (Phi) is 7.05. The van der Waals surface area contributed by atoms with E-state index in [9.17, 15) is 13.2 Å². The highest BCUT2D eigenvalue weighted by Crippen LogP contribution is 2.44. The summed E-state index contributed by atoms with van der Waals surface area (Å²) in [5.74, 6) is 1.92. The number of carbonyl (C=O) groups is 1. The van der Waals surface area contributed by atoms with Gasteiger partial charge in [0.15, 0.2) is 9.84 Å². The zero-order chi connectivity index (χ0) is 21.7. The van der Waals surface area contributed by atoms with Crippen molar-refractivity contribution in [3.63, 3.8) is 0 Å². The zero-order valence-electron chi connectivity index (χ0n) is 16.9. The summed E-state index contributed by atoms with van der Waals surface area (Å²) in [6.45, 7) is 0. The normalized spacial score (nSPS) is 14.8. The van der Waals surface area contributed by atoms with Crippen LogP contribution in [0.1, 0.15) is 32.5 Å². The molecule has 3 aromatic rings. The van der Waals surface area contributed by atoms with Gasteiger partial charge in [-0.15, -0.1) is 23.5 Å². The Hall–Kier alpha value is -2.22. The van der Waals surface area contributed by atoms with Gasteiger partial charge in [-0.25, -0.2) is 8.42 Å². The summed E-state index contributed by atoms with van der Waals surface area (Å²) in [6, 6.07) is 23.1. The van der Waals surface area contributed by atoms with Gasteiger partial charge in [0.2, 0.25) is 0 Å². The molecule has 1 aliphatic heterocycles. The van der Waals surface area contributed by atoms with E-state index in [2.05, 4.69) is 11.4 Å². The lowest BCUT2D eigenvalue weighted by Gasteiger charge is -2.21. The van der Waals surface area contributed by atoms with Crippen molar-refractivity contribution in [2.75, 3.05) is 16.8 Å². The van der Waals surface area contributed by atoms with Gasteiger partial charge in [-0.3, -0.25) is 4.79 Å². The van der Waals surface area contributed by atoms with Crippen LogP contribution in [0.25, 0.3) is 0 Å². The van der Waals surface area contributed by atoms with E-state index in [-0.39, 0.29) is 16.6 Å². The molecular formula is C24H23NO3S3. The first-order valence-corrected chi connectivity index (χ1v) is 13.8. The number of carbonyl (C=O) groups excluding carboxylic acids is 1. The van der Waals surface area contributed by atoms with E-state index in [0.717, 1.165) is 17.2 Å². The number of hydrogen-bond donors (Lipinski definition) is 1. The minimum Gasteiger partial charge on any atom is -0.322 e. The maximum Gasteiger partial charge on any atom is 0.255 e. The van der Waals surface area contributed by atoms with Crippen molar-refractivity contribution >= 4 is 45.0 Å². The average molecular weight is 470 g/mol. The largest absolute Gasteiger partial charge is 0.322 e. The first kappa shape index (κ1) is 22.0. The summed E-state index contributed by atoms with van der Waals surface area (Å²) in [5, 5.41) is 2.95. The molecule has 0 atom stereocenters. The molecule has 1 aliphatic rings. The van der Waals surface area contributed by atoms with E-state index in [1.165, 1.54) is 12.0 Å². The second-order valence-electron chi connectivity index (χ2n) is 7.28. The van der Waals surface area contributed by atoms with Crippen LogP contribution < -0.4 is 5.32 Å². The van der Waals surface area contributed by atoms with E-state index in [1.807, 2.05) is 41.7 Å². The number of thioether (sulfide) groups is 2. The smallest absolute Gasteiger partial charge is 0.255 e. The molecule has 0 bridgehead atoms. The number of anilines is 1. The van der Waals surface area contributed by atoms with Crippen molar-refractivity contribution in [1.29, 1.82) is 0 Å². The van der Waals surface area contributed by atoms with Gasteiger partial charge in [-0.1, -0.05) is 42.5 Å². The fourth-order valence-electron chi connectivity index (χ4n) is 3.38. The molecule has 1 heterocycles. The summed E-state index contributed by atoms with van der Waals surface area (Å²) in [4.78, 5) is 13.1. The molecule has 0 aliphatic carbocycles. The molecule has 7 heteroatoms. The van der Waals surface area contributed by atoms with Gasteiger partial charge >= 0.3 is 0 Å². The number of nitrogens with one attached hydrogen (secondary N) is 1. The van der Waals surface area contributed by atoms with Crippen LogP contribution in [0.3, 0.4) is 0 Å². The van der Waals surface area contributed by atoms with Crippen LogP contribution >= 0.6 is 23.5 Å². The van der Waals surface area contributed by atoms with E-state index in [4.69, 9.17) is 0 Å². The van der Waals surface area contributed by atoms with Crippen LogP contribution in [-0.2, 0) is 15.6 Å². The number of amides is 1. The van der Waals surface area contributed by atoms with Gasteiger partial charge in [0.1, 0.15) is 0 Å². The predicted molar refractivity (Wildman–Crippen MR) is 130 cm³/mol. The SMILES string of the molecule is O=C(Nc1cccc(C2SCCCS2)c1)c1cccc(CS(=O)(=O)c2ccccc2)c1. The van der Waals surface area contributed by atoms with Crippen LogP contribution in [0, 0.1) is 0 Å². The van der Waals surface area contributed by atoms with Gasteiger partial charge in [0, 0.05) is 11.3 Å². The summed E-state index contributed by atoms with van der Waals surface area (Å²) in [5.41, 5.74) is 2.97. The van der Waals surface area contributed by atoms with E-state index in [1.54, 1.807) is 54.6 Å². The molecule has 1 N–H and O–H groups in total. The lowest BCUT2D eigenvalue weighted by molar-refractivity contribution is 0.102. The summed E-state index contributed by atoms with van der Waals surface area (Å²) in [7, 11) is -3.47. The lowest BCUT2D eigenvalue weighted by atomic mass is 10.1. The Balaban J connectivity index is 1.47. The zero-order valence-corrected chi connectivity index (χ0v) is 19.3. The monoisotopic (exact) mass is 469 g/mol. The minimum absolute atomic E-state index is 0.149. The number of benzene rings is 3. The van der Waals surface area contributed by atoms with Crippen molar-refractivity contribution in [3.8, 4) is 0 Å². The van der Waals surface area contributed by atoms with Gasteiger partial charge in [-0.2, -0.15) is 0 Å². The van der Waals surface area contributed by atoms with E-state index >= 15 is 0 Å². The maximum absolute atomic E-state index is 12.8. The molecule has 0 aromatic heterocycles. The van der Waals surface area contributed by atoms with Crippen molar-refractivity contribution in [2.45, 2.75) is 21.7 Å². The number of sulfone groups is 1. The highest BCUT2D eigenvalue weighted by atomic mass is 32.2. The van der Waals surface area contributed by atoms with Crippen molar-refractivity contribution < 1.29 is 13.2 Å². The first-order valence-electron chi connectivity index (χ1n) is 10.0. The Bertz CT molecular complexity index is 1160. The predicted octanol–water partition coefficient (Wildman–Crippen LogP) is 5.78. The summed E-state index contributed by atoms with van der Waals surface area (Å²) in [6.07, 6.45) is 1.23. The van der Waals surface area contributed by atoms with Crippen molar-refractivity contribution in [1.82, 2.24) is 0 Å². The summed E-state index contributed by atoms with van der Waals surface area (Å²) < 4.78 is 25.7. The topological polar surface area (TPSA) is 63.2 Å². The molecule has 0 spiro atoms. The lowest BCUT2D eigenvalue weighted by Crippen LogP contribution is -2.13. The molecule has 0 saturated carbocycles. The molecule has 1 fully saturated rings. The maximum atomic E-state index is 12.8. The number of rotatable bonds is 6. The van der Waals surface area contributed by atoms with Gasteiger partial charge in [-0.05, 0) is 65.5 Å². The average Bonchev–Trinajstić information content (AvgIpc) is 2.80. The summed E-state index contributed by atoms with van der Waals surface area (Å²) >= 11 is 3.88. The van der Waals surface area contributed by atoms with Crippen LogP contribution in [0.5, 0.6) is 0 Å². The molecule has 0 unspecified atom stereocenters. The number of hydrogen-bond acceptors (Lipinski definition) is 5. The highest BCUT2D eigenvalue weighted by molar-refractivity contribution is 8.16.